The number of sulfonamides is 1. The second-order valence-corrected chi connectivity index (χ2v) is 8.65. The van der Waals surface area contributed by atoms with Crippen molar-refractivity contribution in [2.75, 3.05) is 0 Å². The van der Waals surface area contributed by atoms with Crippen LogP contribution in [0.2, 0.25) is 0 Å². The lowest BCUT2D eigenvalue weighted by Crippen LogP contribution is -2.48. The summed E-state index contributed by atoms with van der Waals surface area (Å²) < 4.78 is 27.1. The van der Waals surface area contributed by atoms with Crippen molar-refractivity contribution in [1.82, 2.24) is 4.72 Å². The van der Waals surface area contributed by atoms with Gasteiger partial charge in [-0.3, -0.25) is 0 Å². The highest BCUT2D eigenvalue weighted by atomic mass is 79.9. The quantitative estimate of drug-likeness (QED) is 0.803. The molecule has 1 aromatic heterocycles. The molecule has 0 radical (unpaired) electrons. The van der Waals surface area contributed by atoms with Gasteiger partial charge in [-0.05, 0) is 40.0 Å². The van der Waals surface area contributed by atoms with Gasteiger partial charge in [0.1, 0.15) is 4.21 Å². The Morgan fingerprint density at radius 3 is 2.43 bits per heavy atom. The van der Waals surface area contributed by atoms with E-state index in [1.54, 1.807) is 36.4 Å². The highest BCUT2D eigenvalue weighted by Crippen LogP contribution is 2.26. The van der Waals surface area contributed by atoms with Gasteiger partial charge in [0.05, 0.1) is 15.8 Å². The van der Waals surface area contributed by atoms with Crippen molar-refractivity contribution >= 4 is 43.3 Å². The van der Waals surface area contributed by atoms with E-state index in [1.165, 1.54) is 6.07 Å². The van der Waals surface area contributed by atoms with Gasteiger partial charge >= 0.3 is 0 Å². The lowest BCUT2D eigenvalue weighted by molar-refractivity contribution is -0.307. The van der Waals surface area contributed by atoms with E-state index in [0.29, 0.717) is 9.35 Å². The van der Waals surface area contributed by atoms with E-state index in [9.17, 15) is 18.3 Å². The Bertz CT molecular complexity index is 728. The number of carbonyl (C=O) groups is 1. The van der Waals surface area contributed by atoms with Crippen LogP contribution in [0.1, 0.15) is 5.56 Å². The van der Waals surface area contributed by atoms with Crippen LogP contribution >= 0.6 is 27.3 Å². The van der Waals surface area contributed by atoms with Crippen molar-refractivity contribution in [2.45, 2.75) is 16.7 Å². The molecule has 0 aliphatic rings. The number of carbonyl (C=O) groups excluding carboxylic acids is 1. The van der Waals surface area contributed by atoms with Gasteiger partial charge in [0, 0.05) is 0 Å². The number of hydrogen-bond donors (Lipinski definition) is 1. The first-order chi connectivity index (χ1) is 9.88. The van der Waals surface area contributed by atoms with Gasteiger partial charge in [0.2, 0.25) is 0 Å². The minimum absolute atomic E-state index is 0.0228. The van der Waals surface area contributed by atoms with Gasteiger partial charge in [0.15, 0.2) is 0 Å². The molecule has 0 saturated heterocycles. The summed E-state index contributed by atoms with van der Waals surface area (Å²) in [6, 6.07) is 10.4. The fraction of sp³-hybridized carbons (Fsp3) is 0.154. The SMILES string of the molecule is O=C([O-])C(Cc1ccccc1)NS(=O)(=O)c1ccc(Br)s1. The second kappa shape index (κ2) is 6.69. The molecule has 0 aliphatic carbocycles. The van der Waals surface area contributed by atoms with Crippen LogP contribution in [0, 0.1) is 0 Å². The second-order valence-electron chi connectivity index (χ2n) is 4.24. The van der Waals surface area contributed by atoms with E-state index < -0.39 is 22.0 Å². The van der Waals surface area contributed by atoms with Crippen LogP contribution in [0.5, 0.6) is 0 Å². The lowest BCUT2D eigenvalue weighted by atomic mass is 10.1. The third-order valence-electron chi connectivity index (χ3n) is 2.68. The normalized spacial score (nSPS) is 13.0. The van der Waals surface area contributed by atoms with Crippen molar-refractivity contribution in [2.24, 2.45) is 0 Å². The summed E-state index contributed by atoms with van der Waals surface area (Å²) in [6.45, 7) is 0. The van der Waals surface area contributed by atoms with Crippen molar-refractivity contribution in [3.8, 4) is 0 Å². The number of rotatable bonds is 6. The molecule has 1 aromatic carbocycles. The molecule has 0 saturated carbocycles. The molecule has 2 aromatic rings. The number of carboxylic acids is 1. The van der Waals surface area contributed by atoms with Gasteiger partial charge < -0.3 is 9.90 Å². The summed E-state index contributed by atoms with van der Waals surface area (Å²) in [5, 5.41) is 11.2. The summed E-state index contributed by atoms with van der Waals surface area (Å²) in [5.41, 5.74) is 0.710. The molecule has 1 unspecified atom stereocenters. The monoisotopic (exact) mass is 388 g/mol. The molecular weight excluding hydrogens is 378 g/mol. The van der Waals surface area contributed by atoms with Crippen molar-refractivity contribution in [3.05, 3.63) is 51.8 Å². The van der Waals surface area contributed by atoms with Crippen LogP contribution in [0.4, 0.5) is 0 Å². The zero-order valence-electron chi connectivity index (χ0n) is 10.7. The zero-order chi connectivity index (χ0) is 15.5. The molecule has 1 N–H and O–H groups in total. The van der Waals surface area contributed by atoms with Gasteiger partial charge in [0.25, 0.3) is 10.0 Å². The summed E-state index contributed by atoms with van der Waals surface area (Å²) in [6.07, 6.45) is 0.0228. The minimum atomic E-state index is -3.89. The largest absolute Gasteiger partial charge is 0.548 e. The van der Waals surface area contributed by atoms with Crippen LogP contribution in [0.3, 0.4) is 0 Å². The molecule has 8 heteroatoms. The zero-order valence-corrected chi connectivity index (χ0v) is 13.9. The minimum Gasteiger partial charge on any atom is -0.548 e. The lowest BCUT2D eigenvalue weighted by Gasteiger charge is -2.19. The number of aliphatic carboxylic acids is 1. The highest BCUT2D eigenvalue weighted by molar-refractivity contribution is 9.11. The Labute approximate surface area is 134 Å². The molecular formula is C13H11BrNO4S2-. The van der Waals surface area contributed by atoms with Crippen LogP contribution in [-0.2, 0) is 21.2 Å². The van der Waals surface area contributed by atoms with Gasteiger partial charge in [-0.15, -0.1) is 11.3 Å². The Morgan fingerprint density at radius 1 is 1.24 bits per heavy atom. The first-order valence-corrected chi connectivity index (χ1v) is 9.00. The van der Waals surface area contributed by atoms with E-state index in [0.717, 1.165) is 11.3 Å². The van der Waals surface area contributed by atoms with Gasteiger partial charge in [-0.1, -0.05) is 30.3 Å². The highest BCUT2D eigenvalue weighted by Gasteiger charge is 2.22. The number of benzene rings is 1. The average molecular weight is 389 g/mol. The van der Waals surface area contributed by atoms with E-state index in [1.807, 2.05) is 0 Å². The third-order valence-corrected chi connectivity index (χ3v) is 6.27. The molecule has 21 heavy (non-hydrogen) atoms. The third kappa shape index (κ3) is 4.37. The topological polar surface area (TPSA) is 86.3 Å². The summed E-state index contributed by atoms with van der Waals surface area (Å²) in [4.78, 5) is 11.2. The Kier molecular flexibility index (Phi) is 5.15. The molecule has 5 nitrogen and oxygen atoms in total. The van der Waals surface area contributed by atoms with Crippen LogP contribution in [0.25, 0.3) is 0 Å². The molecule has 2 rings (SSSR count). The standard InChI is InChI=1S/C13H12BrNO4S2/c14-11-6-7-12(20-11)21(18,19)15-10(13(16)17)8-9-4-2-1-3-5-9/h1-7,10,15H,8H2,(H,16,17)/p-1. The van der Waals surface area contributed by atoms with Crippen molar-refractivity contribution in [3.63, 3.8) is 0 Å². The summed E-state index contributed by atoms with van der Waals surface area (Å²) in [7, 11) is -3.89. The van der Waals surface area contributed by atoms with E-state index in [-0.39, 0.29) is 10.6 Å². The number of thiophene rings is 1. The predicted molar refractivity (Wildman–Crippen MR) is 81.3 cm³/mol. The molecule has 0 amide bonds. The number of nitrogens with one attached hydrogen (secondary N) is 1. The molecule has 0 fully saturated rings. The van der Waals surface area contributed by atoms with Crippen molar-refractivity contribution in [1.29, 1.82) is 0 Å². The molecule has 1 atom stereocenters. The predicted octanol–water partition coefficient (Wildman–Crippen LogP) is 1.15. The number of hydrogen-bond acceptors (Lipinski definition) is 5. The maximum Gasteiger partial charge on any atom is 0.250 e. The van der Waals surface area contributed by atoms with Crippen molar-refractivity contribution < 1.29 is 18.3 Å². The molecule has 0 aliphatic heterocycles. The van der Waals surface area contributed by atoms with E-state index in [2.05, 4.69) is 20.7 Å². The summed E-state index contributed by atoms with van der Waals surface area (Å²) in [5.74, 6) is -1.46. The first kappa shape index (κ1) is 16.2. The molecule has 0 bridgehead atoms. The maximum atomic E-state index is 12.1. The molecule has 112 valence electrons. The van der Waals surface area contributed by atoms with E-state index in [4.69, 9.17) is 0 Å². The Hall–Kier alpha value is -1.22. The van der Waals surface area contributed by atoms with Crippen LogP contribution in [0.15, 0.2) is 50.5 Å². The Morgan fingerprint density at radius 2 is 1.90 bits per heavy atom. The van der Waals surface area contributed by atoms with Crippen LogP contribution in [-0.4, -0.2) is 20.4 Å². The smallest absolute Gasteiger partial charge is 0.250 e. The van der Waals surface area contributed by atoms with Gasteiger partial charge in [-0.2, -0.15) is 0 Å². The van der Waals surface area contributed by atoms with E-state index >= 15 is 0 Å². The fourth-order valence-electron chi connectivity index (χ4n) is 1.71. The number of halogens is 1. The van der Waals surface area contributed by atoms with Crippen LogP contribution < -0.4 is 9.83 Å². The number of carboxylic acid groups (broad SMARTS) is 1. The maximum absolute atomic E-state index is 12.1. The average Bonchev–Trinajstić information content (AvgIpc) is 2.86. The molecule has 1 heterocycles. The van der Waals surface area contributed by atoms with Gasteiger partial charge in [-0.25, -0.2) is 13.1 Å². The summed E-state index contributed by atoms with van der Waals surface area (Å²) >= 11 is 4.18. The molecule has 0 spiro atoms. The first-order valence-electron chi connectivity index (χ1n) is 5.91. The fourth-order valence-corrected chi connectivity index (χ4v) is 4.92. The Balaban J connectivity index is 2.18.